The number of nitrogens with zero attached hydrogens (tertiary/aromatic N) is 2. The normalized spacial score (nSPS) is 18.0. The first-order valence-corrected chi connectivity index (χ1v) is 9.43. The average Bonchev–Trinajstić information content (AvgIpc) is 2.95. The lowest BCUT2D eigenvalue weighted by Crippen LogP contribution is -2.33. The summed E-state index contributed by atoms with van der Waals surface area (Å²) in [6.07, 6.45) is -2.71. The molecule has 1 atom stereocenters. The summed E-state index contributed by atoms with van der Waals surface area (Å²) in [5.41, 5.74) is -0.463. The largest absolute Gasteiger partial charge is 0.434 e. The van der Waals surface area contributed by atoms with Gasteiger partial charge in [0.2, 0.25) is 10.0 Å². The Bertz CT molecular complexity index is 902. The summed E-state index contributed by atoms with van der Waals surface area (Å²) in [6, 6.07) is 3.51. The third-order valence-corrected chi connectivity index (χ3v) is 5.67. The molecule has 1 unspecified atom stereocenters. The number of aryl methyl sites for hydroxylation is 2. The maximum absolute atomic E-state index is 13.4. The van der Waals surface area contributed by atoms with E-state index >= 15 is 0 Å². The van der Waals surface area contributed by atoms with E-state index in [4.69, 9.17) is 0 Å². The van der Waals surface area contributed by atoms with Crippen LogP contribution in [0.15, 0.2) is 29.3 Å². The van der Waals surface area contributed by atoms with E-state index in [1.165, 1.54) is 16.7 Å². The topological polar surface area (TPSA) is 64.0 Å². The molecule has 3 rings (SSSR count). The Labute approximate surface area is 148 Å². The molecular weight excluding hydrogens is 374 g/mol. The highest BCUT2D eigenvalue weighted by atomic mass is 32.2. The number of fused-ring (bicyclic) bond motifs is 1. The predicted octanol–water partition coefficient (Wildman–Crippen LogP) is 2.89. The van der Waals surface area contributed by atoms with Crippen LogP contribution in [0.4, 0.5) is 17.6 Å². The van der Waals surface area contributed by atoms with E-state index < -0.39 is 27.7 Å². The van der Waals surface area contributed by atoms with Crippen molar-refractivity contribution in [2.75, 3.05) is 6.54 Å². The van der Waals surface area contributed by atoms with Crippen LogP contribution in [0, 0.1) is 18.7 Å². The van der Waals surface area contributed by atoms with Gasteiger partial charge in [-0.15, -0.1) is 0 Å². The quantitative estimate of drug-likeness (QED) is 0.816. The van der Waals surface area contributed by atoms with Crippen molar-refractivity contribution in [2.45, 2.75) is 37.4 Å². The van der Waals surface area contributed by atoms with Crippen molar-refractivity contribution in [1.29, 1.82) is 0 Å². The first-order chi connectivity index (χ1) is 12.0. The van der Waals surface area contributed by atoms with Crippen molar-refractivity contribution in [3.63, 3.8) is 0 Å². The SMILES string of the molecule is Cc1cc(F)cc(S(=O)(=O)NCC2CCc3nc(C(F)(F)F)cn3C2)c1. The number of imidazole rings is 1. The lowest BCUT2D eigenvalue weighted by atomic mass is 10.00. The fourth-order valence-electron chi connectivity index (χ4n) is 2.99. The third-order valence-electron chi connectivity index (χ3n) is 4.27. The minimum absolute atomic E-state index is 0.0524. The Morgan fingerprint density at radius 3 is 2.69 bits per heavy atom. The molecule has 1 aliphatic rings. The zero-order chi connectivity index (χ0) is 19.1. The molecule has 1 N–H and O–H groups in total. The van der Waals surface area contributed by atoms with Gasteiger partial charge in [0.15, 0.2) is 5.69 Å². The van der Waals surface area contributed by atoms with Gasteiger partial charge in [-0.2, -0.15) is 13.2 Å². The lowest BCUT2D eigenvalue weighted by molar-refractivity contribution is -0.141. The molecule has 1 aromatic carbocycles. The zero-order valence-electron chi connectivity index (χ0n) is 13.8. The van der Waals surface area contributed by atoms with Crippen molar-refractivity contribution < 1.29 is 26.0 Å². The second-order valence-electron chi connectivity index (χ2n) is 6.41. The molecule has 0 spiro atoms. The number of sulfonamides is 1. The maximum Gasteiger partial charge on any atom is 0.434 e. The third kappa shape index (κ3) is 4.07. The van der Waals surface area contributed by atoms with E-state index in [9.17, 15) is 26.0 Å². The second kappa shape index (κ2) is 6.66. The van der Waals surface area contributed by atoms with Gasteiger partial charge in [-0.05, 0) is 43.0 Å². The summed E-state index contributed by atoms with van der Waals surface area (Å²) in [5.74, 6) is -0.481. The van der Waals surface area contributed by atoms with Gasteiger partial charge in [0.25, 0.3) is 0 Å². The molecule has 0 bridgehead atoms. The Kier molecular flexibility index (Phi) is 4.82. The van der Waals surface area contributed by atoms with E-state index in [0.29, 0.717) is 24.2 Å². The monoisotopic (exact) mass is 391 g/mol. The molecule has 0 saturated carbocycles. The second-order valence-corrected chi connectivity index (χ2v) is 8.18. The number of hydrogen-bond acceptors (Lipinski definition) is 3. The van der Waals surface area contributed by atoms with Gasteiger partial charge >= 0.3 is 6.18 Å². The van der Waals surface area contributed by atoms with Crippen molar-refractivity contribution in [1.82, 2.24) is 14.3 Å². The molecule has 0 amide bonds. The molecule has 1 aliphatic heterocycles. The van der Waals surface area contributed by atoms with Gasteiger partial charge in [0.05, 0.1) is 4.90 Å². The summed E-state index contributed by atoms with van der Waals surface area (Å²) < 4.78 is 80.1. The fraction of sp³-hybridized carbons (Fsp3) is 0.438. The minimum Gasteiger partial charge on any atom is -0.334 e. The van der Waals surface area contributed by atoms with Gasteiger partial charge in [0.1, 0.15) is 11.6 Å². The molecule has 0 fully saturated rings. The van der Waals surface area contributed by atoms with E-state index in [1.807, 2.05) is 0 Å². The van der Waals surface area contributed by atoms with Crippen molar-refractivity contribution >= 4 is 10.0 Å². The Balaban J connectivity index is 1.68. The van der Waals surface area contributed by atoms with Crippen LogP contribution in [-0.2, 0) is 29.2 Å². The number of halogens is 4. The van der Waals surface area contributed by atoms with E-state index in [2.05, 4.69) is 9.71 Å². The van der Waals surface area contributed by atoms with Gasteiger partial charge < -0.3 is 4.57 Å². The summed E-state index contributed by atoms with van der Waals surface area (Å²) in [4.78, 5) is 3.42. The Hall–Kier alpha value is -1.94. The number of nitrogens with one attached hydrogen (secondary N) is 1. The number of rotatable bonds is 4. The average molecular weight is 391 g/mol. The van der Waals surface area contributed by atoms with Gasteiger partial charge in [-0.25, -0.2) is 22.5 Å². The fourth-order valence-corrected chi connectivity index (χ4v) is 4.22. The Morgan fingerprint density at radius 2 is 2.04 bits per heavy atom. The summed E-state index contributed by atoms with van der Waals surface area (Å²) >= 11 is 0. The highest BCUT2D eigenvalue weighted by Crippen LogP contribution is 2.30. The predicted molar refractivity (Wildman–Crippen MR) is 85.4 cm³/mol. The minimum atomic E-state index is -4.50. The number of alkyl halides is 3. The first kappa shape index (κ1) is 18.8. The summed E-state index contributed by atoms with van der Waals surface area (Å²) in [7, 11) is -3.89. The summed E-state index contributed by atoms with van der Waals surface area (Å²) in [5, 5.41) is 0. The van der Waals surface area contributed by atoms with E-state index in [-0.39, 0.29) is 23.9 Å². The zero-order valence-corrected chi connectivity index (χ0v) is 14.7. The van der Waals surface area contributed by atoms with Crippen molar-refractivity contribution in [3.8, 4) is 0 Å². The first-order valence-electron chi connectivity index (χ1n) is 7.95. The van der Waals surface area contributed by atoms with Crippen LogP contribution >= 0.6 is 0 Å². The molecule has 142 valence electrons. The maximum atomic E-state index is 13.4. The van der Waals surface area contributed by atoms with Gasteiger partial charge in [0, 0.05) is 25.7 Å². The highest BCUT2D eigenvalue weighted by Gasteiger charge is 2.35. The smallest absolute Gasteiger partial charge is 0.334 e. The van der Waals surface area contributed by atoms with Crippen LogP contribution in [0.5, 0.6) is 0 Å². The van der Waals surface area contributed by atoms with Crippen LogP contribution in [0.2, 0.25) is 0 Å². The molecule has 2 aromatic rings. The number of aromatic nitrogens is 2. The van der Waals surface area contributed by atoms with Crippen LogP contribution in [-0.4, -0.2) is 24.5 Å². The van der Waals surface area contributed by atoms with Crippen LogP contribution < -0.4 is 4.72 Å². The van der Waals surface area contributed by atoms with Crippen LogP contribution in [0.3, 0.4) is 0 Å². The molecule has 10 heteroatoms. The standard InChI is InChI=1S/C16H17F4N3O2S/c1-10-4-12(17)6-13(5-10)26(24,25)21-7-11-2-3-15-22-14(16(18,19)20)9-23(15)8-11/h4-6,9,11,21H,2-3,7-8H2,1H3. The van der Waals surface area contributed by atoms with Crippen LogP contribution in [0.25, 0.3) is 0 Å². The van der Waals surface area contributed by atoms with Gasteiger partial charge in [-0.3, -0.25) is 0 Å². The van der Waals surface area contributed by atoms with Gasteiger partial charge in [-0.1, -0.05) is 0 Å². The lowest BCUT2D eigenvalue weighted by Gasteiger charge is -2.23. The molecule has 26 heavy (non-hydrogen) atoms. The molecule has 0 aliphatic carbocycles. The number of benzene rings is 1. The van der Waals surface area contributed by atoms with Crippen molar-refractivity contribution in [3.05, 3.63) is 47.3 Å². The molecule has 2 heterocycles. The molecule has 5 nitrogen and oxygen atoms in total. The van der Waals surface area contributed by atoms with Crippen molar-refractivity contribution in [2.24, 2.45) is 5.92 Å². The summed E-state index contributed by atoms with van der Waals surface area (Å²) in [6.45, 7) is 1.88. The Morgan fingerprint density at radius 1 is 1.31 bits per heavy atom. The van der Waals surface area contributed by atoms with E-state index in [0.717, 1.165) is 12.3 Å². The molecule has 0 saturated heterocycles. The molecule has 0 radical (unpaired) electrons. The van der Waals surface area contributed by atoms with E-state index in [1.54, 1.807) is 6.92 Å². The number of hydrogen-bond donors (Lipinski definition) is 1. The molecule has 1 aromatic heterocycles. The molecular formula is C16H17F4N3O2S. The highest BCUT2D eigenvalue weighted by molar-refractivity contribution is 7.89. The van der Waals surface area contributed by atoms with Crippen LogP contribution in [0.1, 0.15) is 23.5 Å².